The number of carbonyl (C=O) groups excluding carboxylic acids is 2. The summed E-state index contributed by atoms with van der Waals surface area (Å²) in [5, 5.41) is 2.24. The van der Waals surface area contributed by atoms with E-state index in [0.29, 0.717) is 0 Å². The lowest BCUT2D eigenvalue weighted by molar-refractivity contribution is -0.118. The van der Waals surface area contributed by atoms with Gasteiger partial charge in [0.2, 0.25) is 5.91 Å². The van der Waals surface area contributed by atoms with Crippen molar-refractivity contribution in [2.24, 2.45) is 0 Å². The van der Waals surface area contributed by atoms with Gasteiger partial charge < -0.3 is 4.90 Å². The molecule has 1 atom stereocenters. The Morgan fingerprint density at radius 1 is 1.67 bits per heavy atom. The Bertz CT molecular complexity index is 208. The summed E-state index contributed by atoms with van der Waals surface area (Å²) < 4.78 is 0. The average molecular weight is 188 g/mol. The largest absolute Gasteiger partial charge is 0.324 e. The third kappa shape index (κ3) is 1.91. The standard InChI is InChI=1S/C7H12N2O2S/c1-5(4-12-2)9-3-6(10)8-7(9)11/h5H,3-4H2,1-2H3,(H,8,10,11). The molecule has 1 heterocycles. The van der Waals surface area contributed by atoms with Crippen molar-refractivity contribution in [3.63, 3.8) is 0 Å². The molecule has 0 aliphatic carbocycles. The summed E-state index contributed by atoms with van der Waals surface area (Å²) in [4.78, 5) is 23.4. The summed E-state index contributed by atoms with van der Waals surface area (Å²) in [6.07, 6.45) is 1.98. The summed E-state index contributed by atoms with van der Waals surface area (Å²) in [6.45, 7) is 2.15. The fourth-order valence-electron chi connectivity index (χ4n) is 1.14. The molecule has 68 valence electrons. The number of urea groups is 1. The molecule has 1 rings (SSSR count). The van der Waals surface area contributed by atoms with Gasteiger partial charge in [-0.05, 0) is 13.2 Å². The normalized spacial score (nSPS) is 19.7. The minimum absolute atomic E-state index is 0.131. The first kappa shape index (κ1) is 9.38. The van der Waals surface area contributed by atoms with Gasteiger partial charge in [0.25, 0.3) is 0 Å². The van der Waals surface area contributed by atoms with Crippen LogP contribution in [-0.4, -0.2) is 41.4 Å². The van der Waals surface area contributed by atoms with Gasteiger partial charge in [-0.3, -0.25) is 10.1 Å². The maximum absolute atomic E-state index is 11.1. The van der Waals surface area contributed by atoms with Crippen molar-refractivity contribution < 1.29 is 9.59 Å². The highest BCUT2D eigenvalue weighted by molar-refractivity contribution is 7.98. The second-order valence-electron chi connectivity index (χ2n) is 2.79. The van der Waals surface area contributed by atoms with E-state index in [2.05, 4.69) is 5.32 Å². The van der Waals surface area contributed by atoms with Crippen LogP contribution in [0.1, 0.15) is 6.92 Å². The molecule has 5 heteroatoms. The van der Waals surface area contributed by atoms with Crippen LogP contribution in [0.3, 0.4) is 0 Å². The monoisotopic (exact) mass is 188 g/mol. The molecule has 4 nitrogen and oxygen atoms in total. The molecule has 1 fully saturated rings. The van der Waals surface area contributed by atoms with Gasteiger partial charge in [0.15, 0.2) is 0 Å². The van der Waals surface area contributed by atoms with Gasteiger partial charge in [0.05, 0.1) is 0 Å². The highest BCUT2D eigenvalue weighted by atomic mass is 32.2. The van der Waals surface area contributed by atoms with E-state index in [1.54, 1.807) is 16.7 Å². The maximum atomic E-state index is 11.1. The van der Waals surface area contributed by atoms with Crippen molar-refractivity contribution in [2.75, 3.05) is 18.6 Å². The Labute approximate surface area is 75.7 Å². The van der Waals surface area contributed by atoms with E-state index in [1.165, 1.54) is 0 Å². The van der Waals surface area contributed by atoms with Gasteiger partial charge in [0, 0.05) is 11.8 Å². The van der Waals surface area contributed by atoms with Gasteiger partial charge >= 0.3 is 6.03 Å². The molecule has 3 amide bonds. The molecule has 1 unspecified atom stereocenters. The van der Waals surface area contributed by atoms with Gasteiger partial charge in [-0.25, -0.2) is 4.79 Å². The first-order valence-corrected chi connectivity index (χ1v) is 5.14. The predicted molar refractivity (Wildman–Crippen MR) is 48.1 cm³/mol. The molecule has 0 aromatic carbocycles. The van der Waals surface area contributed by atoms with Gasteiger partial charge in [-0.15, -0.1) is 0 Å². The number of amides is 3. The van der Waals surface area contributed by atoms with Crippen LogP contribution in [0.15, 0.2) is 0 Å². The first-order valence-electron chi connectivity index (χ1n) is 3.74. The Morgan fingerprint density at radius 3 is 2.75 bits per heavy atom. The highest BCUT2D eigenvalue weighted by Gasteiger charge is 2.29. The quantitative estimate of drug-likeness (QED) is 0.648. The van der Waals surface area contributed by atoms with Crippen molar-refractivity contribution >= 4 is 23.7 Å². The minimum Gasteiger partial charge on any atom is -0.312 e. The minimum atomic E-state index is -0.262. The number of carbonyl (C=O) groups is 2. The van der Waals surface area contributed by atoms with Crippen LogP contribution in [0.25, 0.3) is 0 Å². The van der Waals surface area contributed by atoms with Gasteiger partial charge in [0.1, 0.15) is 6.54 Å². The lowest BCUT2D eigenvalue weighted by Gasteiger charge is -2.20. The molecule has 0 aromatic rings. The topological polar surface area (TPSA) is 49.4 Å². The van der Waals surface area contributed by atoms with Crippen molar-refractivity contribution in [2.45, 2.75) is 13.0 Å². The van der Waals surface area contributed by atoms with E-state index < -0.39 is 0 Å². The summed E-state index contributed by atoms with van der Waals surface area (Å²) in [7, 11) is 0. The number of rotatable bonds is 3. The lowest BCUT2D eigenvalue weighted by Crippen LogP contribution is -2.37. The van der Waals surface area contributed by atoms with E-state index >= 15 is 0 Å². The van der Waals surface area contributed by atoms with Crippen molar-refractivity contribution in [1.29, 1.82) is 0 Å². The number of thioether (sulfide) groups is 1. The smallest absolute Gasteiger partial charge is 0.312 e. The van der Waals surface area contributed by atoms with Crippen LogP contribution in [-0.2, 0) is 4.79 Å². The zero-order valence-electron chi connectivity index (χ0n) is 7.16. The Kier molecular flexibility index (Phi) is 2.97. The van der Waals surface area contributed by atoms with Crippen molar-refractivity contribution in [3.05, 3.63) is 0 Å². The van der Waals surface area contributed by atoms with Crippen LogP contribution in [0, 0.1) is 0 Å². The fourth-order valence-corrected chi connectivity index (χ4v) is 1.81. The summed E-state index contributed by atoms with van der Waals surface area (Å²) in [5.74, 6) is 0.661. The maximum Gasteiger partial charge on any atom is 0.324 e. The van der Waals surface area contributed by atoms with E-state index in [0.717, 1.165) is 5.75 Å². The van der Waals surface area contributed by atoms with Crippen LogP contribution >= 0.6 is 11.8 Å². The fraction of sp³-hybridized carbons (Fsp3) is 0.714. The Morgan fingerprint density at radius 2 is 2.33 bits per heavy atom. The molecular weight excluding hydrogens is 176 g/mol. The summed E-state index contributed by atoms with van der Waals surface area (Å²) in [6, 6.07) is -0.131. The van der Waals surface area contributed by atoms with E-state index in [4.69, 9.17) is 0 Å². The molecule has 1 saturated heterocycles. The van der Waals surface area contributed by atoms with E-state index in [1.807, 2.05) is 13.2 Å². The molecule has 0 bridgehead atoms. The second kappa shape index (κ2) is 3.80. The molecule has 12 heavy (non-hydrogen) atoms. The van der Waals surface area contributed by atoms with Crippen LogP contribution < -0.4 is 5.32 Å². The van der Waals surface area contributed by atoms with Crippen molar-refractivity contribution in [1.82, 2.24) is 10.2 Å². The average Bonchev–Trinajstić information content (AvgIpc) is 2.30. The summed E-state index contributed by atoms with van der Waals surface area (Å²) in [5.41, 5.74) is 0. The number of hydrogen-bond donors (Lipinski definition) is 1. The molecule has 0 radical (unpaired) electrons. The third-order valence-corrected chi connectivity index (χ3v) is 2.58. The molecule has 0 aromatic heterocycles. The molecule has 0 spiro atoms. The van der Waals surface area contributed by atoms with Crippen molar-refractivity contribution in [3.8, 4) is 0 Å². The van der Waals surface area contributed by atoms with Crippen LogP contribution in [0.4, 0.5) is 4.79 Å². The first-order chi connectivity index (χ1) is 5.65. The Hall–Kier alpha value is -0.710. The van der Waals surface area contributed by atoms with E-state index in [9.17, 15) is 9.59 Å². The summed E-state index contributed by atoms with van der Waals surface area (Å²) >= 11 is 1.67. The number of hydrogen-bond acceptors (Lipinski definition) is 3. The van der Waals surface area contributed by atoms with E-state index in [-0.39, 0.29) is 24.5 Å². The SMILES string of the molecule is CSCC(C)N1CC(=O)NC1=O. The zero-order valence-corrected chi connectivity index (χ0v) is 7.98. The third-order valence-electron chi connectivity index (χ3n) is 1.76. The molecule has 1 aliphatic rings. The second-order valence-corrected chi connectivity index (χ2v) is 3.70. The molecular formula is C7H12N2O2S. The number of imide groups is 1. The zero-order chi connectivity index (χ0) is 9.14. The van der Waals surface area contributed by atoms with Crippen LogP contribution in [0.5, 0.6) is 0 Å². The molecule has 0 saturated carbocycles. The highest BCUT2D eigenvalue weighted by Crippen LogP contribution is 2.08. The number of nitrogens with one attached hydrogen (secondary N) is 1. The molecule has 1 N–H and O–H groups in total. The predicted octanol–water partition coefficient (Wildman–Crippen LogP) is 0.290. The lowest BCUT2D eigenvalue weighted by atomic mass is 10.3. The number of nitrogens with zero attached hydrogens (tertiary/aromatic N) is 1. The van der Waals surface area contributed by atoms with Gasteiger partial charge in [-0.1, -0.05) is 0 Å². The molecule has 1 aliphatic heterocycles. The Balaban J connectivity index is 2.51. The van der Waals surface area contributed by atoms with Crippen LogP contribution in [0.2, 0.25) is 0 Å². The van der Waals surface area contributed by atoms with Gasteiger partial charge in [-0.2, -0.15) is 11.8 Å².